The lowest BCUT2D eigenvalue weighted by molar-refractivity contribution is -0.114. The molecule has 18 heavy (non-hydrogen) atoms. The molecule has 0 saturated carbocycles. The minimum Gasteiger partial charge on any atom is -0.472 e. The number of hydrogen-bond donors (Lipinski definition) is 2. The normalized spacial score (nSPS) is 13.9. The van der Waals surface area contributed by atoms with Gasteiger partial charge in [0.1, 0.15) is 5.75 Å². The van der Waals surface area contributed by atoms with Gasteiger partial charge in [-0.25, -0.2) is 0 Å². The van der Waals surface area contributed by atoms with Crippen LogP contribution in [0.4, 0.5) is 5.69 Å². The molecule has 0 aliphatic carbocycles. The molecule has 6 nitrogen and oxygen atoms in total. The highest BCUT2D eigenvalue weighted by atomic mass is 16.5. The van der Waals surface area contributed by atoms with Crippen molar-refractivity contribution in [2.45, 2.75) is 6.92 Å². The van der Waals surface area contributed by atoms with E-state index < -0.39 is 0 Å². The van der Waals surface area contributed by atoms with Crippen molar-refractivity contribution in [3.63, 3.8) is 0 Å². The Balaban J connectivity index is 2.27. The largest absolute Gasteiger partial charge is 0.472 e. The van der Waals surface area contributed by atoms with Crippen LogP contribution in [-0.2, 0) is 4.79 Å². The topological polar surface area (TPSA) is 78.9 Å². The van der Waals surface area contributed by atoms with E-state index >= 15 is 0 Å². The Hall–Kier alpha value is -2.08. The van der Waals surface area contributed by atoms with E-state index in [9.17, 15) is 9.59 Å². The highest BCUT2D eigenvalue weighted by Crippen LogP contribution is 2.27. The second-order valence-corrected chi connectivity index (χ2v) is 3.96. The fourth-order valence-electron chi connectivity index (χ4n) is 1.77. The molecule has 0 atom stereocenters. The first kappa shape index (κ1) is 12.4. The van der Waals surface area contributed by atoms with Gasteiger partial charge in [0.25, 0.3) is 5.91 Å². The molecule has 1 aromatic carbocycles. The van der Waals surface area contributed by atoms with Crippen LogP contribution in [0.2, 0.25) is 0 Å². The van der Waals surface area contributed by atoms with Crippen molar-refractivity contribution in [3.8, 4) is 5.75 Å². The van der Waals surface area contributed by atoms with Gasteiger partial charge in [-0.1, -0.05) is 0 Å². The summed E-state index contributed by atoms with van der Waals surface area (Å²) in [6.45, 7) is 1.64. The first-order chi connectivity index (χ1) is 8.61. The van der Waals surface area contributed by atoms with Crippen molar-refractivity contribution in [3.05, 3.63) is 23.8 Å². The molecule has 0 fully saturated rings. The molecule has 0 spiro atoms. The quantitative estimate of drug-likeness (QED) is 0.815. The summed E-state index contributed by atoms with van der Waals surface area (Å²) in [5.41, 5.74) is 0.935. The van der Waals surface area contributed by atoms with Gasteiger partial charge < -0.3 is 20.1 Å². The summed E-state index contributed by atoms with van der Waals surface area (Å²) >= 11 is 0. The van der Waals surface area contributed by atoms with Gasteiger partial charge >= 0.3 is 0 Å². The number of ether oxygens (including phenoxy) is 1. The van der Waals surface area contributed by atoms with E-state index in [4.69, 9.17) is 9.84 Å². The third-order valence-corrected chi connectivity index (χ3v) is 2.56. The summed E-state index contributed by atoms with van der Waals surface area (Å²) < 4.78 is 5.40. The number of β-amino-alcohol motifs (C(OH)–C–C–N with tert-alkyl or cyclic N) is 1. The number of hydrogen-bond acceptors (Lipinski definition) is 4. The molecule has 1 heterocycles. The third-order valence-electron chi connectivity index (χ3n) is 2.56. The predicted molar refractivity (Wildman–Crippen MR) is 64.4 cm³/mol. The van der Waals surface area contributed by atoms with Crippen LogP contribution in [0.25, 0.3) is 0 Å². The SMILES string of the molecule is CC(=O)Nc1ccc2c(c1)C(=O)N(CCO)CO2. The van der Waals surface area contributed by atoms with Gasteiger partial charge in [0.05, 0.1) is 12.2 Å². The fourth-order valence-corrected chi connectivity index (χ4v) is 1.77. The standard InChI is InChI=1S/C12H14N2O4/c1-8(16)13-9-2-3-11-10(6-9)12(17)14(4-5-15)7-18-11/h2-3,6,15H,4-5,7H2,1H3,(H,13,16). The van der Waals surface area contributed by atoms with Crippen molar-refractivity contribution >= 4 is 17.5 Å². The second-order valence-electron chi connectivity index (χ2n) is 3.96. The molecule has 0 saturated heterocycles. The van der Waals surface area contributed by atoms with Crippen LogP contribution >= 0.6 is 0 Å². The number of nitrogens with zero attached hydrogens (tertiary/aromatic N) is 1. The van der Waals surface area contributed by atoms with Crippen LogP contribution < -0.4 is 10.1 Å². The van der Waals surface area contributed by atoms with Crippen molar-refractivity contribution in [2.24, 2.45) is 0 Å². The molecule has 1 aliphatic rings. The number of carbonyl (C=O) groups excluding carboxylic acids is 2. The Morgan fingerprint density at radius 2 is 2.33 bits per heavy atom. The molecule has 2 N–H and O–H groups in total. The van der Waals surface area contributed by atoms with E-state index in [0.717, 1.165) is 0 Å². The van der Waals surface area contributed by atoms with Gasteiger partial charge in [-0.2, -0.15) is 0 Å². The smallest absolute Gasteiger partial charge is 0.260 e. The number of carbonyl (C=O) groups is 2. The highest BCUT2D eigenvalue weighted by Gasteiger charge is 2.25. The minimum atomic E-state index is -0.211. The molecule has 0 unspecified atom stereocenters. The Labute approximate surface area is 104 Å². The summed E-state index contributed by atoms with van der Waals surface area (Å²) in [6.07, 6.45) is 0. The van der Waals surface area contributed by atoms with E-state index in [1.165, 1.54) is 11.8 Å². The van der Waals surface area contributed by atoms with Crippen LogP contribution in [0, 0.1) is 0 Å². The number of anilines is 1. The predicted octanol–water partition coefficient (Wildman–Crippen LogP) is 0.429. The van der Waals surface area contributed by atoms with Crippen molar-refractivity contribution in [1.29, 1.82) is 0 Å². The minimum absolute atomic E-state index is 0.115. The average molecular weight is 250 g/mol. The van der Waals surface area contributed by atoms with Gasteiger partial charge in [-0.05, 0) is 18.2 Å². The van der Waals surface area contributed by atoms with E-state index in [1.807, 2.05) is 0 Å². The Kier molecular flexibility index (Phi) is 3.47. The summed E-state index contributed by atoms with van der Waals surface area (Å²) in [4.78, 5) is 24.4. The van der Waals surface area contributed by atoms with Gasteiger partial charge in [0.15, 0.2) is 6.73 Å². The van der Waals surface area contributed by atoms with Gasteiger partial charge in [0.2, 0.25) is 5.91 Å². The van der Waals surface area contributed by atoms with Crippen molar-refractivity contribution < 1.29 is 19.4 Å². The van der Waals surface area contributed by atoms with Gasteiger partial charge in [-0.3, -0.25) is 9.59 Å². The lowest BCUT2D eigenvalue weighted by Gasteiger charge is -2.28. The number of aliphatic hydroxyl groups excluding tert-OH is 1. The van der Waals surface area contributed by atoms with E-state index in [2.05, 4.69) is 5.32 Å². The van der Waals surface area contributed by atoms with Crippen LogP contribution in [0.3, 0.4) is 0 Å². The van der Waals surface area contributed by atoms with E-state index in [1.54, 1.807) is 18.2 Å². The van der Waals surface area contributed by atoms with Crippen LogP contribution in [-0.4, -0.2) is 41.7 Å². The molecule has 96 valence electrons. The number of rotatable bonds is 3. The summed E-state index contributed by atoms with van der Waals surface area (Å²) in [5.74, 6) is 0.0761. The first-order valence-electron chi connectivity index (χ1n) is 5.56. The molecule has 6 heteroatoms. The first-order valence-corrected chi connectivity index (χ1v) is 5.56. The molecular formula is C12H14N2O4. The van der Waals surface area contributed by atoms with Crippen LogP contribution in [0.5, 0.6) is 5.75 Å². The average Bonchev–Trinajstić information content (AvgIpc) is 2.33. The third kappa shape index (κ3) is 2.43. The fraction of sp³-hybridized carbons (Fsp3) is 0.333. The molecule has 1 aliphatic heterocycles. The zero-order chi connectivity index (χ0) is 13.1. The maximum absolute atomic E-state index is 12.1. The lowest BCUT2D eigenvalue weighted by atomic mass is 10.1. The number of fused-ring (bicyclic) bond motifs is 1. The number of benzene rings is 1. The monoisotopic (exact) mass is 250 g/mol. The summed E-state index contributed by atoms with van der Waals surface area (Å²) in [5, 5.41) is 11.5. The Bertz CT molecular complexity index is 487. The number of nitrogens with one attached hydrogen (secondary N) is 1. The number of aliphatic hydroxyl groups is 1. The maximum Gasteiger partial charge on any atom is 0.260 e. The van der Waals surface area contributed by atoms with E-state index in [-0.39, 0.29) is 31.7 Å². The van der Waals surface area contributed by atoms with Gasteiger partial charge in [0, 0.05) is 19.2 Å². The maximum atomic E-state index is 12.1. The molecular weight excluding hydrogens is 236 g/mol. The van der Waals surface area contributed by atoms with Crippen molar-refractivity contribution in [2.75, 3.05) is 25.2 Å². The van der Waals surface area contributed by atoms with Gasteiger partial charge in [-0.15, -0.1) is 0 Å². The second kappa shape index (κ2) is 5.05. The molecule has 2 rings (SSSR count). The van der Waals surface area contributed by atoms with Crippen LogP contribution in [0.1, 0.15) is 17.3 Å². The molecule has 0 radical (unpaired) electrons. The summed E-state index contributed by atoms with van der Waals surface area (Å²) in [6, 6.07) is 4.90. The molecule has 1 aromatic rings. The van der Waals surface area contributed by atoms with E-state index in [0.29, 0.717) is 17.0 Å². The highest BCUT2D eigenvalue weighted by molar-refractivity contribution is 5.99. The zero-order valence-corrected chi connectivity index (χ0v) is 9.97. The molecule has 0 aromatic heterocycles. The Morgan fingerprint density at radius 3 is 3.00 bits per heavy atom. The summed E-state index contributed by atoms with van der Waals surface area (Å²) in [7, 11) is 0. The Morgan fingerprint density at radius 1 is 1.56 bits per heavy atom. The number of amides is 2. The molecule has 0 bridgehead atoms. The lowest BCUT2D eigenvalue weighted by Crippen LogP contribution is -2.40. The molecule has 2 amide bonds. The van der Waals surface area contributed by atoms with Crippen LogP contribution in [0.15, 0.2) is 18.2 Å². The zero-order valence-electron chi connectivity index (χ0n) is 9.97. The van der Waals surface area contributed by atoms with Crippen molar-refractivity contribution in [1.82, 2.24) is 4.90 Å².